The molecule has 0 unspecified atom stereocenters. The van der Waals surface area contributed by atoms with Gasteiger partial charge in [-0.15, -0.1) is 0 Å². The third-order valence-corrected chi connectivity index (χ3v) is 4.72. The Morgan fingerprint density at radius 2 is 1.70 bits per heavy atom. The summed E-state index contributed by atoms with van der Waals surface area (Å²) in [5.41, 5.74) is 4.44. The number of aliphatic carboxylic acids is 1. The molecular formula is C21H20N2O4. The highest BCUT2D eigenvalue weighted by atomic mass is 16.5. The van der Waals surface area contributed by atoms with Crippen LogP contribution < -0.4 is 5.32 Å². The third kappa shape index (κ3) is 4.09. The summed E-state index contributed by atoms with van der Waals surface area (Å²) in [6, 6.07) is 16.9. The molecule has 2 aromatic rings. The van der Waals surface area contributed by atoms with E-state index in [1.165, 1.54) is 0 Å². The van der Waals surface area contributed by atoms with Crippen LogP contribution in [0.5, 0.6) is 0 Å². The van der Waals surface area contributed by atoms with Crippen molar-refractivity contribution in [1.29, 1.82) is 5.26 Å². The molecule has 138 valence electrons. The SMILES string of the molecule is N#CCCC[C@H](NC(=O)OCC1c2ccccc2-c2ccccc21)C(=O)O. The van der Waals surface area contributed by atoms with Crippen LogP contribution in [0.15, 0.2) is 48.5 Å². The van der Waals surface area contributed by atoms with E-state index in [4.69, 9.17) is 10.00 Å². The lowest BCUT2D eigenvalue weighted by atomic mass is 9.98. The van der Waals surface area contributed by atoms with Crippen molar-refractivity contribution in [3.05, 3.63) is 59.7 Å². The van der Waals surface area contributed by atoms with E-state index in [9.17, 15) is 14.7 Å². The largest absolute Gasteiger partial charge is 0.480 e. The number of carboxylic acid groups (broad SMARTS) is 1. The van der Waals surface area contributed by atoms with Crippen molar-refractivity contribution >= 4 is 12.1 Å². The van der Waals surface area contributed by atoms with E-state index in [0.29, 0.717) is 6.42 Å². The molecule has 0 saturated heterocycles. The van der Waals surface area contributed by atoms with E-state index >= 15 is 0 Å². The number of fused-ring (bicyclic) bond motifs is 3. The van der Waals surface area contributed by atoms with Crippen LogP contribution in [0.1, 0.15) is 36.3 Å². The lowest BCUT2D eigenvalue weighted by Crippen LogP contribution is -2.41. The average Bonchev–Trinajstić information content (AvgIpc) is 2.99. The van der Waals surface area contributed by atoms with Crippen molar-refractivity contribution < 1.29 is 19.4 Å². The predicted octanol–water partition coefficient (Wildman–Crippen LogP) is 3.67. The molecule has 0 aromatic heterocycles. The zero-order valence-electron chi connectivity index (χ0n) is 14.7. The minimum Gasteiger partial charge on any atom is -0.480 e. The Balaban J connectivity index is 1.65. The molecule has 0 bridgehead atoms. The van der Waals surface area contributed by atoms with Gasteiger partial charge in [-0.05, 0) is 35.1 Å². The Kier molecular flexibility index (Phi) is 5.72. The number of nitrogens with zero attached hydrogens (tertiary/aromatic N) is 1. The number of unbranched alkanes of at least 4 members (excludes halogenated alkanes) is 1. The third-order valence-electron chi connectivity index (χ3n) is 4.72. The number of nitriles is 1. The second kappa shape index (κ2) is 8.37. The van der Waals surface area contributed by atoms with Gasteiger partial charge in [0.2, 0.25) is 0 Å². The number of carbonyl (C=O) groups excluding carboxylic acids is 1. The number of hydrogen-bond acceptors (Lipinski definition) is 4. The molecule has 0 spiro atoms. The van der Waals surface area contributed by atoms with Crippen molar-refractivity contribution in [3.63, 3.8) is 0 Å². The summed E-state index contributed by atoms with van der Waals surface area (Å²) in [5, 5.41) is 20.1. The summed E-state index contributed by atoms with van der Waals surface area (Å²) in [5.74, 6) is -1.22. The van der Waals surface area contributed by atoms with E-state index in [1.807, 2.05) is 54.6 Å². The van der Waals surface area contributed by atoms with Crippen LogP contribution in [0, 0.1) is 11.3 Å². The minimum atomic E-state index is -1.14. The quantitative estimate of drug-likeness (QED) is 0.730. The molecule has 1 aliphatic carbocycles. The zero-order valence-corrected chi connectivity index (χ0v) is 14.7. The van der Waals surface area contributed by atoms with Crippen LogP contribution in [0.3, 0.4) is 0 Å². The van der Waals surface area contributed by atoms with E-state index in [0.717, 1.165) is 22.3 Å². The number of ether oxygens (including phenoxy) is 1. The first-order valence-corrected chi connectivity index (χ1v) is 8.83. The maximum atomic E-state index is 12.1. The number of rotatable bonds is 7. The number of carboxylic acids is 1. The number of carbonyl (C=O) groups is 2. The Morgan fingerprint density at radius 3 is 2.26 bits per heavy atom. The summed E-state index contributed by atoms with van der Waals surface area (Å²) >= 11 is 0. The van der Waals surface area contributed by atoms with Crippen LogP contribution in [0.2, 0.25) is 0 Å². The molecule has 3 rings (SSSR count). The van der Waals surface area contributed by atoms with Gasteiger partial charge in [-0.2, -0.15) is 5.26 Å². The van der Waals surface area contributed by atoms with Gasteiger partial charge in [0.1, 0.15) is 12.6 Å². The molecule has 27 heavy (non-hydrogen) atoms. The molecule has 6 heteroatoms. The molecule has 2 N–H and O–H groups in total. The Bertz CT molecular complexity index is 842. The smallest absolute Gasteiger partial charge is 0.407 e. The topological polar surface area (TPSA) is 99.4 Å². The van der Waals surface area contributed by atoms with E-state index in [2.05, 4.69) is 5.32 Å². The van der Waals surface area contributed by atoms with Crippen molar-refractivity contribution in [2.24, 2.45) is 0 Å². The summed E-state index contributed by atoms with van der Waals surface area (Å²) < 4.78 is 5.35. The highest BCUT2D eigenvalue weighted by molar-refractivity contribution is 5.81. The molecule has 0 saturated carbocycles. The standard InChI is InChI=1S/C21H20N2O4/c22-12-6-5-11-19(20(24)25)23-21(26)27-13-18-16-9-3-1-7-14(16)15-8-2-4-10-17(15)18/h1-4,7-10,18-19H,5-6,11,13H2,(H,23,26)(H,24,25)/t19-/m0/s1. The highest BCUT2D eigenvalue weighted by Gasteiger charge is 2.29. The molecule has 1 aliphatic rings. The molecule has 0 fully saturated rings. The summed E-state index contributed by atoms with van der Waals surface area (Å²) in [6.45, 7) is 0.129. The van der Waals surface area contributed by atoms with E-state index < -0.39 is 18.1 Å². The molecule has 1 atom stereocenters. The Labute approximate surface area is 157 Å². The van der Waals surface area contributed by atoms with Crippen molar-refractivity contribution in [1.82, 2.24) is 5.32 Å². The summed E-state index contributed by atoms with van der Waals surface area (Å²) in [4.78, 5) is 23.4. The number of nitrogens with one attached hydrogen (secondary N) is 1. The van der Waals surface area contributed by atoms with E-state index in [1.54, 1.807) is 0 Å². The number of hydrogen-bond donors (Lipinski definition) is 2. The molecule has 0 radical (unpaired) electrons. The van der Waals surface area contributed by atoms with Gasteiger partial charge >= 0.3 is 12.1 Å². The second-order valence-electron chi connectivity index (χ2n) is 6.41. The predicted molar refractivity (Wildman–Crippen MR) is 99.1 cm³/mol. The van der Waals surface area contributed by atoms with E-state index in [-0.39, 0.29) is 25.4 Å². The average molecular weight is 364 g/mol. The van der Waals surface area contributed by atoms with Crippen LogP contribution in [-0.2, 0) is 9.53 Å². The van der Waals surface area contributed by atoms with Gasteiger partial charge in [0.25, 0.3) is 0 Å². The lowest BCUT2D eigenvalue weighted by molar-refractivity contribution is -0.139. The van der Waals surface area contributed by atoms with Gasteiger partial charge in [0, 0.05) is 12.3 Å². The van der Waals surface area contributed by atoms with Gasteiger partial charge in [0.15, 0.2) is 0 Å². The van der Waals surface area contributed by atoms with Gasteiger partial charge < -0.3 is 15.2 Å². The highest BCUT2D eigenvalue weighted by Crippen LogP contribution is 2.44. The Morgan fingerprint density at radius 1 is 1.11 bits per heavy atom. The normalized spacial score (nSPS) is 13.1. The van der Waals surface area contributed by atoms with Crippen LogP contribution in [0.4, 0.5) is 4.79 Å². The molecular weight excluding hydrogens is 344 g/mol. The molecule has 0 aliphatic heterocycles. The Hall–Kier alpha value is -3.33. The number of alkyl carbamates (subject to hydrolysis) is 1. The molecule has 2 aromatic carbocycles. The number of amides is 1. The fraction of sp³-hybridized carbons (Fsp3) is 0.286. The van der Waals surface area contributed by atoms with Gasteiger partial charge in [0.05, 0.1) is 6.07 Å². The van der Waals surface area contributed by atoms with Crippen LogP contribution in [0.25, 0.3) is 11.1 Å². The summed E-state index contributed by atoms with van der Waals surface area (Å²) in [6.07, 6.45) is 0.0709. The van der Waals surface area contributed by atoms with Crippen molar-refractivity contribution in [2.75, 3.05) is 6.61 Å². The van der Waals surface area contributed by atoms with Crippen LogP contribution in [-0.4, -0.2) is 29.8 Å². The van der Waals surface area contributed by atoms with Crippen molar-refractivity contribution in [2.45, 2.75) is 31.2 Å². The monoisotopic (exact) mass is 364 g/mol. The maximum absolute atomic E-state index is 12.1. The first-order chi connectivity index (χ1) is 13.1. The molecule has 0 heterocycles. The fourth-order valence-electron chi connectivity index (χ4n) is 3.42. The first kappa shape index (κ1) is 18.5. The molecule has 6 nitrogen and oxygen atoms in total. The van der Waals surface area contributed by atoms with Crippen LogP contribution >= 0.6 is 0 Å². The summed E-state index contributed by atoms with van der Waals surface area (Å²) in [7, 11) is 0. The van der Waals surface area contributed by atoms with Gasteiger partial charge in [-0.25, -0.2) is 9.59 Å². The lowest BCUT2D eigenvalue weighted by Gasteiger charge is -2.17. The zero-order chi connectivity index (χ0) is 19.2. The van der Waals surface area contributed by atoms with Crippen molar-refractivity contribution in [3.8, 4) is 17.2 Å². The van der Waals surface area contributed by atoms with Gasteiger partial charge in [-0.1, -0.05) is 48.5 Å². The first-order valence-electron chi connectivity index (χ1n) is 8.83. The van der Waals surface area contributed by atoms with Gasteiger partial charge in [-0.3, -0.25) is 0 Å². The fourth-order valence-corrected chi connectivity index (χ4v) is 3.42. The molecule has 1 amide bonds. The minimum absolute atomic E-state index is 0.0787. The number of benzene rings is 2. The second-order valence-corrected chi connectivity index (χ2v) is 6.41. The maximum Gasteiger partial charge on any atom is 0.407 e.